The number of rotatable bonds is 7. The molecule has 174 valence electrons. The van der Waals surface area contributed by atoms with E-state index >= 15 is 0 Å². The Morgan fingerprint density at radius 3 is 2.59 bits per heavy atom. The minimum absolute atomic E-state index is 0.00840. The van der Waals surface area contributed by atoms with Crippen LogP contribution in [-0.2, 0) is 13.0 Å². The van der Waals surface area contributed by atoms with Gasteiger partial charge >= 0.3 is 0 Å². The van der Waals surface area contributed by atoms with Gasteiger partial charge in [0.05, 0.1) is 5.69 Å². The molecule has 0 radical (unpaired) electrons. The van der Waals surface area contributed by atoms with Crippen molar-refractivity contribution in [2.75, 3.05) is 0 Å². The van der Waals surface area contributed by atoms with Gasteiger partial charge in [-0.25, -0.2) is 23.1 Å². The lowest BCUT2D eigenvalue weighted by atomic mass is 10.0. The van der Waals surface area contributed by atoms with Gasteiger partial charge in [-0.3, -0.25) is 5.10 Å². The van der Waals surface area contributed by atoms with Crippen LogP contribution in [0.15, 0.2) is 53.7 Å². The minimum Gasteiger partial charge on any atom is -0.473 e. The molecule has 0 atom stereocenters. The highest BCUT2D eigenvalue weighted by molar-refractivity contribution is 6.30. The van der Waals surface area contributed by atoms with Gasteiger partial charge in [0.25, 0.3) is 0 Å². The maximum Gasteiger partial charge on any atom is 0.219 e. The fourth-order valence-corrected chi connectivity index (χ4v) is 3.23. The number of amidine groups is 1. The maximum absolute atomic E-state index is 14.9. The van der Waals surface area contributed by atoms with E-state index < -0.39 is 17.5 Å². The number of aromatic amines is 1. The van der Waals surface area contributed by atoms with Gasteiger partial charge in [0, 0.05) is 28.6 Å². The number of aromatic nitrogens is 4. The number of nitrogens with two attached hydrogens (primary N) is 1. The number of H-pyrrole nitrogens is 1. The molecule has 0 aliphatic heterocycles. The van der Waals surface area contributed by atoms with Crippen LogP contribution in [0.3, 0.4) is 0 Å². The van der Waals surface area contributed by atoms with Gasteiger partial charge in [-0.2, -0.15) is 0 Å². The summed E-state index contributed by atoms with van der Waals surface area (Å²) in [7, 11) is 0. The lowest BCUT2D eigenvalue weighted by Gasteiger charge is -2.10. The number of hydrogen-bond donors (Lipinski definition) is 3. The first-order chi connectivity index (χ1) is 16.3. The van der Waals surface area contributed by atoms with Crippen LogP contribution in [-0.4, -0.2) is 31.2 Å². The van der Waals surface area contributed by atoms with Gasteiger partial charge < -0.3 is 15.7 Å². The Labute approximate surface area is 195 Å². The summed E-state index contributed by atoms with van der Waals surface area (Å²) in [5.74, 6) is -2.05. The number of nitrogens with zero attached hydrogens (tertiary/aromatic N) is 4. The lowest BCUT2D eigenvalue weighted by Crippen LogP contribution is -2.15. The summed E-state index contributed by atoms with van der Waals surface area (Å²) >= 11 is 5.74. The summed E-state index contributed by atoms with van der Waals surface area (Å²) in [6, 6.07) is 10.8. The number of pyridine rings is 1. The SMILES string of the molecule is N/C(=N\O)c1n[nH]c(Cc2cc(F)c(-c3cccc(OCc4ccc(Cl)cc4F)n3)cc2F)n1. The largest absolute Gasteiger partial charge is 0.473 e. The first kappa shape index (κ1) is 23.1. The Kier molecular flexibility index (Phi) is 6.64. The third kappa shape index (κ3) is 5.09. The van der Waals surface area contributed by atoms with E-state index in [-0.39, 0.29) is 63.8 Å². The molecule has 0 bridgehead atoms. The highest BCUT2D eigenvalue weighted by Crippen LogP contribution is 2.27. The summed E-state index contributed by atoms with van der Waals surface area (Å²) in [4.78, 5) is 8.16. The molecule has 0 aliphatic carbocycles. The standard InChI is InChI=1S/C22H16ClF3N6O2/c23-13-5-4-11(15(24)8-13)10-34-20-3-1-2-18(28-20)14-9-16(25)12(6-17(14)26)7-19-29-22(31-30-19)21(27)32-33/h1-6,8-9,33H,7,10H2,(H2,27,32)(H,29,30,31). The third-order valence-corrected chi connectivity index (χ3v) is 4.99. The van der Waals surface area contributed by atoms with Gasteiger partial charge in [0.1, 0.15) is 29.9 Å². The molecule has 4 rings (SSSR count). The molecule has 0 saturated carbocycles. The highest BCUT2D eigenvalue weighted by atomic mass is 35.5. The lowest BCUT2D eigenvalue weighted by molar-refractivity contribution is 0.288. The monoisotopic (exact) mass is 488 g/mol. The summed E-state index contributed by atoms with van der Waals surface area (Å²) < 4.78 is 49.1. The normalized spacial score (nSPS) is 11.6. The smallest absolute Gasteiger partial charge is 0.219 e. The number of benzene rings is 2. The maximum atomic E-state index is 14.9. The van der Waals surface area contributed by atoms with E-state index in [0.29, 0.717) is 0 Å². The van der Waals surface area contributed by atoms with Crippen LogP contribution in [0.25, 0.3) is 11.3 Å². The summed E-state index contributed by atoms with van der Waals surface area (Å²) in [5, 5.41) is 18.0. The van der Waals surface area contributed by atoms with Crippen LogP contribution in [0.4, 0.5) is 13.2 Å². The number of hydrogen-bond acceptors (Lipinski definition) is 6. The van der Waals surface area contributed by atoms with Gasteiger partial charge in [0.2, 0.25) is 17.5 Å². The molecule has 4 N–H and O–H groups in total. The highest BCUT2D eigenvalue weighted by Gasteiger charge is 2.16. The van der Waals surface area contributed by atoms with Crippen molar-refractivity contribution in [1.29, 1.82) is 0 Å². The molecule has 2 aromatic heterocycles. The fraction of sp³-hybridized carbons (Fsp3) is 0.0909. The van der Waals surface area contributed by atoms with Crippen molar-refractivity contribution in [3.05, 3.63) is 93.8 Å². The van der Waals surface area contributed by atoms with Crippen molar-refractivity contribution >= 4 is 17.4 Å². The van der Waals surface area contributed by atoms with Crippen molar-refractivity contribution < 1.29 is 23.1 Å². The molecule has 4 aromatic rings. The van der Waals surface area contributed by atoms with Crippen LogP contribution in [0.1, 0.15) is 22.8 Å². The van der Waals surface area contributed by atoms with Crippen molar-refractivity contribution in [3.8, 4) is 17.1 Å². The molecule has 12 heteroatoms. The zero-order valence-corrected chi connectivity index (χ0v) is 18.0. The van der Waals surface area contributed by atoms with Crippen molar-refractivity contribution in [2.24, 2.45) is 10.9 Å². The number of nitrogens with one attached hydrogen (secondary N) is 1. The van der Waals surface area contributed by atoms with Gasteiger partial charge in [-0.15, -0.1) is 5.10 Å². The number of ether oxygens (including phenoxy) is 1. The average Bonchev–Trinajstić information content (AvgIpc) is 3.29. The van der Waals surface area contributed by atoms with E-state index in [9.17, 15) is 13.2 Å². The molecule has 0 unspecified atom stereocenters. The number of halogens is 4. The van der Waals surface area contributed by atoms with Crippen molar-refractivity contribution in [1.82, 2.24) is 20.2 Å². The molecular formula is C22H16ClF3N6O2. The predicted octanol–water partition coefficient (Wildman–Crippen LogP) is 4.20. The molecular weight excluding hydrogens is 473 g/mol. The van der Waals surface area contributed by atoms with E-state index in [1.807, 2.05) is 0 Å². The topological polar surface area (TPSA) is 122 Å². The second-order valence-corrected chi connectivity index (χ2v) is 7.51. The van der Waals surface area contributed by atoms with Crippen LogP contribution in [0.2, 0.25) is 5.02 Å². The zero-order valence-electron chi connectivity index (χ0n) is 17.3. The first-order valence-electron chi connectivity index (χ1n) is 9.75. The zero-order chi connectivity index (χ0) is 24.2. The van der Waals surface area contributed by atoms with Crippen LogP contribution >= 0.6 is 11.6 Å². The van der Waals surface area contributed by atoms with E-state index in [1.165, 1.54) is 30.3 Å². The van der Waals surface area contributed by atoms with E-state index in [1.54, 1.807) is 6.07 Å². The Hall–Kier alpha value is -4.12. The second-order valence-electron chi connectivity index (χ2n) is 7.08. The Morgan fingerprint density at radius 1 is 1.03 bits per heavy atom. The Morgan fingerprint density at radius 2 is 1.82 bits per heavy atom. The molecule has 2 heterocycles. The van der Waals surface area contributed by atoms with Crippen LogP contribution in [0, 0.1) is 17.5 Å². The molecule has 34 heavy (non-hydrogen) atoms. The average molecular weight is 489 g/mol. The van der Waals surface area contributed by atoms with Crippen LogP contribution < -0.4 is 10.5 Å². The molecule has 0 spiro atoms. The van der Waals surface area contributed by atoms with Gasteiger partial charge in [-0.05, 0) is 35.9 Å². The van der Waals surface area contributed by atoms with Crippen LogP contribution in [0.5, 0.6) is 5.88 Å². The Bertz CT molecular complexity index is 1380. The van der Waals surface area contributed by atoms with Crippen molar-refractivity contribution in [2.45, 2.75) is 13.0 Å². The molecule has 0 amide bonds. The molecule has 2 aromatic carbocycles. The first-order valence-corrected chi connectivity index (χ1v) is 10.1. The third-order valence-electron chi connectivity index (χ3n) is 4.75. The molecule has 0 saturated heterocycles. The summed E-state index contributed by atoms with van der Waals surface area (Å²) in [6.07, 6.45) is -0.113. The second kappa shape index (κ2) is 9.79. The van der Waals surface area contributed by atoms with Crippen molar-refractivity contribution in [3.63, 3.8) is 0 Å². The predicted molar refractivity (Wildman–Crippen MR) is 117 cm³/mol. The van der Waals surface area contributed by atoms with E-state index in [4.69, 9.17) is 27.3 Å². The Balaban J connectivity index is 1.53. The minimum atomic E-state index is -0.721. The number of oxime groups is 1. The van der Waals surface area contributed by atoms with E-state index in [0.717, 1.165) is 12.1 Å². The molecule has 0 aliphatic rings. The molecule has 8 nitrogen and oxygen atoms in total. The van der Waals surface area contributed by atoms with Gasteiger partial charge in [0.15, 0.2) is 0 Å². The quantitative estimate of drug-likeness (QED) is 0.155. The summed E-state index contributed by atoms with van der Waals surface area (Å²) in [6.45, 7) is -0.125. The molecule has 0 fully saturated rings. The fourth-order valence-electron chi connectivity index (χ4n) is 3.07. The summed E-state index contributed by atoms with van der Waals surface area (Å²) in [5.41, 5.74) is 5.72. The van der Waals surface area contributed by atoms with Gasteiger partial charge in [-0.1, -0.05) is 28.9 Å². The van der Waals surface area contributed by atoms with E-state index in [2.05, 4.69) is 25.3 Å².